The van der Waals surface area contributed by atoms with E-state index in [1.165, 1.54) is 12.8 Å². The van der Waals surface area contributed by atoms with E-state index in [1.807, 2.05) is 31.9 Å². The highest BCUT2D eigenvalue weighted by molar-refractivity contribution is 5.96. The van der Waals surface area contributed by atoms with Gasteiger partial charge in [-0.3, -0.25) is 0 Å². The van der Waals surface area contributed by atoms with Crippen LogP contribution in [0.2, 0.25) is 0 Å². The molecular weight excluding hydrogens is 414 g/mol. The number of hydrogen-bond donors (Lipinski definition) is 2. The van der Waals surface area contributed by atoms with Gasteiger partial charge in [0.15, 0.2) is 0 Å². The summed E-state index contributed by atoms with van der Waals surface area (Å²) in [6, 6.07) is 10.5. The fourth-order valence-electron chi connectivity index (χ4n) is 4.51. The van der Waals surface area contributed by atoms with Crippen LogP contribution in [0.25, 0.3) is 22.2 Å². The zero-order valence-electron chi connectivity index (χ0n) is 19.7. The average Bonchev–Trinajstić information content (AvgIpc) is 3.53. The molecule has 33 heavy (non-hydrogen) atoms. The second-order valence-corrected chi connectivity index (χ2v) is 10.3. The van der Waals surface area contributed by atoms with Gasteiger partial charge in [-0.1, -0.05) is 12.1 Å². The molecule has 174 valence electrons. The molecule has 7 nitrogen and oxygen atoms in total. The van der Waals surface area contributed by atoms with Gasteiger partial charge in [-0.05, 0) is 70.6 Å². The van der Waals surface area contributed by atoms with Gasteiger partial charge >= 0.3 is 6.09 Å². The first-order valence-corrected chi connectivity index (χ1v) is 12.0. The van der Waals surface area contributed by atoms with Crippen molar-refractivity contribution in [1.82, 2.24) is 20.1 Å². The number of aromatic amines is 1. The summed E-state index contributed by atoms with van der Waals surface area (Å²) >= 11 is 0. The summed E-state index contributed by atoms with van der Waals surface area (Å²) in [5, 5.41) is 14.1. The van der Waals surface area contributed by atoms with Crippen molar-refractivity contribution in [3.05, 3.63) is 42.2 Å². The predicted molar refractivity (Wildman–Crippen MR) is 130 cm³/mol. The molecule has 7 heteroatoms. The van der Waals surface area contributed by atoms with Crippen LogP contribution >= 0.6 is 0 Å². The number of nitrogens with one attached hydrogen (secondary N) is 2. The minimum atomic E-state index is -0.457. The third-order valence-corrected chi connectivity index (χ3v) is 6.51. The molecule has 1 aliphatic carbocycles. The van der Waals surface area contributed by atoms with Crippen LogP contribution in [0.4, 0.5) is 10.5 Å². The Morgan fingerprint density at radius 2 is 1.94 bits per heavy atom. The number of hydrogen-bond acceptors (Lipinski definition) is 5. The maximum absolute atomic E-state index is 12.4. The summed E-state index contributed by atoms with van der Waals surface area (Å²) in [4.78, 5) is 17.5. The number of nitrogens with zero attached hydrogens (tertiary/aromatic N) is 3. The number of amides is 1. The maximum atomic E-state index is 12.4. The number of carbonyl (C=O) groups is 1. The number of rotatable bonds is 5. The molecule has 1 aliphatic heterocycles. The quantitative estimate of drug-likeness (QED) is 0.535. The Kier molecular flexibility index (Phi) is 5.72. The number of likely N-dealkylation sites (tertiary alicyclic amines) is 1. The van der Waals surface area contributed by atoms with E-state index < -0.39 is 5.60 Å². The van der Waals surface area contributed by atoms with E-state index >= 15 is 0 Å². The molecule has 1 amide bonds. The lowest BCUT2D eigenvalue weighted by molar-refractivity contribution is 0.0188. The molecule has 2 N–H and O–H groups in total. The van der Waals surface area contributed by atoms with Gasteiger partial charge < -0.3 is 19.9 Å². The highest BCUT2D eigenvalue weighted by atomic mass is 16.6. The van der Waals surface area contributed by atoms with Gasteiger partial charge in [0.05, 0.1) is 11.4 Å². The number of benzene rings is 1. The summed E-state index contributed by atoms with van der Waals surface area (Å²) in [7, 11) is 0. The van der Waals surface area contributed by atoms with Crippen LogP contribution in [0, 0.1) is 5.92 Å². The number of piperidine rings is 1. The smallest absolute Gasteiger partial charge is 0.410 e. The Bertz CT molecular complexity index is 1140. The van der Waals surface area contributed by atoms with Crippen LogP contribution in [-0.4, -0.2) is 51.4 Å². The van der Waals surface area contributed by atoms with Gasteiger partial charge in [0, 0.05) is 48.2 Å². The third-order valence-electron chi connectivity index (χ3n) is 6.51. The van der Waals surface area contributed by atoms with Gasteiger partial charge in [0.1, 0.15) is 11.3 Å². The molecule has 3 aromatic rings. The van der Waals surface area contributed by atoms with E-state index in [2.05, 4.69) is 50.8 Å². The largest absolute Gasteiger partial charge is 0.444 e. The van der Waals surface area contributed by atoms with Crippen molar-refractivity contribution in [2.24, 2.45) is 5.92 Å². The lowest BCUT2D eigenvalue weighted by Gasteiger charge is -2.33. The fourth-order valence-corrected chi connectivity index (χ4v) is 4.51. The normalized spacial score (nSPS) is 17.4. The Morgan fingerprint density at radius 1 is 1.15 bits per heavy atom. The van der Waals surface area contributed by atoms with Gasteiger partial charge in [0.25, 0.3) is 0 Å². The molecule has 0 spiro atoms. The number of anilines is 1. The van der Waals surface area contributed by atoms with Crippen LogP contribution in [-0.2, 0) is 4.74 Å². The SMILES string of the molecule is CC(C)(C)OC(=O)N1CCC(CNc2cc(C3CC3)nnc2-c2cccc3[nH]ccc23)CC1. The van der Waals surface area contributed by atoms with Crippen molar-refractivity contribution in [2.75, 3.05) is 25.0 Å². The van der Waals surface area contributed by atoms with Crippen LogP contribution in [0.15, 0.2) is 36.5 Å². The summed E-state index contributed by atoms with van der Waals surface area (Å²) in [6.07, 6.45) is 6.08. The van der Waals surface area contributed by atoms with Crippen molar-refractivity contribution in [1.29, 1.82) is 0 Å². The zero-order valence-corrected chi connectivity index (χ0v) is 19.7. The Morgan fingerprint density at radius 3 is 2.67 bits per heavy atom. The fraction of sp³-hybridized carbons (Fsp3) is 0.500. The molecular formula is C26H33N5O2. The highest BCUT2D eigenvalue weighted by Crippen LogP contribution is 2.41. The lowest BCUT2D eigenvalue weighted by atomic mass is 9.96. The Hall–Kier alpha value is -3.09. The van der Waals surface area contributed by atoms with E-state index in [4.69, 9.17) is 4.74 Å². The van der Waals surface area contributed by atoms with E-state index in [0.717, 1.165) is 66.0 Å². The predicted octanol–water partition coefficient (Wildman–Crippen LogP) is 5.56. The van der Waals surface area contributed by atoms with Crippen molar-refractivity contribution in [2.45, 2.75) is 58.0 Å². The van der Waals surface area contributed by atoms with Crippen molar-refractivity contribution in [3.8, 4) is 11.3 Å². The van der Waals surface area contributed by atoms with Crippen molar-refractivity contribution < 1.29 is 9.53 Å². The van der Waals surface area contributed by atoms with Crippen molar-refractivity contribution in [3.63, 3.8) is 0 Å². The number of ether oxygens (including phenoxy) is 1. The van der Waals surface area contributed by atoms with Crippen LogP contribution in [0.1, 0.15) is 58.1 Å². The molecule has 0 atom stereocenters. The zero-order chi connectivity index (χ0) is 23.0. The Balaban J connectivity index is 1.29. The molecule has 5 rings (SSSR count). The third kappa shape index (κ3) is 4.97. The first-order valence-electron chi connectivity index (χ1n) is 12.0. The first-order chi connectivity index (χ1) is 15.9. The molecule has 2 aliphatic rings. The highest BCUT2D eigenvalue weighted by Gasteiger charge is 2.29. The summed E-state index contributed by atoms with van der Waals surface area (Å²) < 4.78 is 5.53. The number of aromatic nitrogens is 3. The molecule has 2 aromatic heterocycles. The van der Waals surface area contributed by atoms with E-state index in [-0.39, 0.29) is 6.09 Å². The number of fused-ring (bicyclic) bond motifs is 1. The van der Waals surface area contributed by atoms with Crippen LogP contribution in [0.5, 0.6) is 0 Å². The summed E-state index contributed by atoms with van der Waals surface area (Å²) in [6.45, 7) is 8.05. The molecule has 0 unspecified atom stereocenters. The minimum absolute atomic E-state index is 0.205. The van der Waals surface area contributed by atoms with Gasteiger partial charge in [0.2, 0.25) is 0 Å². The monoisotopic (exact) mass is 447 g/mol. The van der Waals surface area contributed by atoms with Gasteiger partial charge in [-0.25, -0.2) is 4.79 Å². The first kappa shape index (κ1) is 21.7. The second-order valence-electron chi connectivity index (χ2n) is 10.3. The maximum Gasteiger partial charge on any atom is 0.410 e. The summed E-state index contributed by atoms with van der Waals surface area (Å²) in [5.41, 5.74) is 4.77. The Labute approximate surface area is 194 Å². The lowest BCUT2D eigenvalue weighted by Crippen LogP contribution is -2.42. The molecule has 1 saturated heterocycles. The molecule has 1 aromatic carbocycles. The molecule has 0 bridgehead atoms. The molecule has 1 saturated carbocycles. The van der Waals surface area contributed by atoms with E-state index in [1.54, 1.807) is 0 Å². The van der Waals surface area contributed by atoms with Crippen LogP contribution < -0.4 is 5.32 Å². The average molecular weight is 448 g/mol. The van der Waals surface area contributed by atoms with Crippen LogP contribution in [0.3, 0.4) is 0 Å². The summed E-state index contributed by atoms with van der Waals surface area (Å²) in [5.74, 6) is 1.05. The topological polar surface area (TPSA) is 83.1 Å². The van der Waals surface area contributed by atoms with Crippen molar-refractivity contribution >= 4 is 22.7 Å². The van der Waals surface area contributed by atoms with E-state index in [0.29, 0.717) is 11.8 Å². The van der Waals surface area contributed by atoms with Gasteiger partial charge in [-0.15, -0.1) is 5.10 Å². The minimum Gasteiger partial charge on any atom is -0.444 e. The second kappa shape index (κ2) is 8.69. The van der Waals surface area contributed by atoms with E-state index in [9.17, 15) is 4.79 Å². The molecule has 0 radical (unpaired) electrons. The molecule has 3 heterocycles. The number of carbonyl (C=O) groups excluding carboxylic acids is 1. The standard InChI is InChI=1S/C26H33N5O2/c1-26(2,3)33-25(32)31-13-10-17(11-14-31)16-28-23-15-22(18-7-8-18)29-30-24(23)20-5-4-6-21-19(20)9-12-27-21/h4-6,9,12,15,17-18,27H,7-8,10-11,13-14,16H2,1-3H3,(H,28,29). The van der Waals surface area contributed by atoms with Gasteiger partial charge in [-0.2, -0.15) is 5.10 Å². The molecule has 2 fully saturated rings. The number of H-pyrrole nitrogens is 1.